The molecule has 0 radical (unpaired) electrons. The molecule has 7 nitrogen and oxygen atoms in total. The fourth-order valence-corrected chi connectivity index (χ4v) is 5.48. The average molecular weight is 528 g/mol. The fraction of sp³-hybridized carbons (Fsp3) is 0.312. The van der Waals surface area contributed by atoms with Crippen LogP contribution in [0.2, 0.25) is 0 Å². The Hall–Kier alpha value is -4.26. The highest BCUT2D eigenvalue weighted by molar-refractivity contribution is 6.01. The number of carbonyl (C=O) groups excluding carboxylic acids is 1. The second-order valence-corrected chi connectivity index (χ2v) is 9.72. The molecule has 0 spiro atoms. The average Bonchev–Trinajstić information content (AvgIpc) is 2.99. The van der Waals surface area contributed by atoms with Crippen molar-refractivity contribution in [1.29, 1.82) is 0 Å². The quantitative estimate of drug-likeness (QED) is 0.261. The predicted molar refractivity (Wildman–Crippen MR) is 151 cm³/mol. The highest BCUT2D eigenvalue weighted by Crippen LogP contribution is 2.46. The van der Waals surface area contributed by atoms with Crippen LogP contribution in [0.25, 0.3) is 22.1 Å². The largest absolute Gasteiger partial charge is 0.497 e. The third-order valence-electron chi connectivity index (χ3n) is 7.46. The summed E-state index contributed by atoms with van der Waals surface area (Å²) in [4.78, 5) is 28.6. The normalized spacial score (nSPS) is 14.2. The van der Waals surface area contributed by atoms with E-state index in [-0.39, 0.29) is 12.3 Å². The van der Waals surface area contributed by atoms with E-state index in [1.54, 1.807) is 21.3 Å². The van der Waals surface area contributed by atoms with E-state index in [0.29, 0.717) is 39.3 Å². The number of fused-ring (bicyclic) bond motifs is 1. The van der Waals surface area contributed by atoms with Gasteiger partial charge >= 0.3 is 5.63 Å². The van der Waals surface area contributed by atoms with Gasteiger partial charge in [-0.15, -0.1) is 0 Å². The summed E-state index contributed by atoms with van der Waals surface area (Å²) in [7, 11) is 4.77. The number of piperidine rings is 1. The number of ether oxygens (including phenoxy) is 3. The number of likely N-dealkylation sites (tertiary alicyclic amines) is 1. The Labute approximate surface area is 227 Å². The van der Waals surface area contributed by atoms with Gasteiger partial charge in [0, 0.05) is 48.7 Å². The second kappa shape index (κ2) is 11.6. The minimum Gasteiger partial charge on any atom is -0.497 e. The van der Waals surface area contributed by atoms with Crippen molar-refractivity contribution in [2.45, 2.75) is 31.6 Å². The Balaban J connectivity index is 1.77. The third-order valence-corrected chi connectivity index (χ3v) is 7.46. The Kier molecular flexibility index (Phi) is 7.87. The summed E-state index contributed by atoms with van der Waals surface area (Å²) in [5, 5.41) is 0.656. The Morgan fingerprint density at radius 1 is 0.872 bits per heavy atom. The van der Waals surface area contributed by atoms with Gasteiger partial charge < -0.3 is 23.5 Å². The fourth-order valence-electron chi connectivity index (χ4n) is 5.48. The maximum absolute atomic E-state index is 13.6. The van der Waals surface area contributed by atoms with Gasteiger partial charge in [-0.1, -0.05) is 42.5 Å². The maximum atomic E-state index is 13.6. The van der Waals surface area contributed by atoms with E-state index in [2.05, 4.69) is 0 Å². The lowest BCUT2D eigenvalue weighted by atomic mass is 9.85. The van der Waals surface area contributed by atoms with Crippen LogP contribution in [0.4, 0.5) is 0 Å². The first-order valence-electron chi connectivity index (χ1n) is 13.2. The summed E-state index contributed by atoms with van der Waals surface area (Å²) >= 11 is 0. The molecule has 4 aromatic rings. The summed E-state index contributed by atoms with van der Waals surface area (Å²) in [5.41, 5.74) is 2.93. The topological polar surface area (TPSA) is 78.2 Å². The number of rotatable bonds is 8. The first-order chi connectivity index (χ1) is 19.0. The number of methoxy groups -OCH3 is 3. The van der Waals surface area contributed by atoms with Crippen LogP contribution in [0.3, 0.4) is 0 Å². The van der Waals surface area contributed by atoms with Crippen LogP contribution < -0.4 is 19.8 Å². The van der Waals surface area contributed by atoms with Crippen LogP contribution in [-0.2, 0) is 4.79 Å². The number of nitrogens with zero attached hydrogens (tertiary/aromatic N) is 1. The molecule has 1 aliphatic heterocycles. The summed E-state index contributed by atoms with van der Waals surface area (Å²) < 4.78 is 23.0. The lowest BCUT2D eigenvalue weighted by Gasteiger charge is -2.29. The van der Waals surface area contributed by atoms with Crippen molar-refractivity contribution in [3.05, 3.63) is 88.3 Å². The van der Waals surface area contributed by atoms with E-state index in [9.17, 15) is 9.59 Å². The third kappa shape index (κ3) is 5.35. The van der Waals surface area contributed by atoms with Gasteiger partial charge in [0.2, 0.25) is 5.91 Å². The molecule has 1 amide bonds. The smallest absolute Gasteiger partial charge is 0.336 e. The molecule has 1 fully saturated rings. The van der Waals surface area contributed by atoms with Gasteiger partial charge in [0.1, 0.15) is 22.8 Å². The van der Waals surface area contributed by atoms with Crippen molar-refractivity contribution in [3.63, 3.8) is 0 Å². The molecule has 1 aliphatic rings. The van der Waals surface area contributed by atoms with Gasteiger partial charge in [-0.05, 0) is 42.5 Å². The molecular formula is C32H33NO6. The molecule has 1 saturated heterocycles. The summed E-state index contributed by atoms with van der Waals surface area (Å²) in [6.45, 7) is 1.50. The van der Waals surface area contributed by atoms with Gasteiger partial charge in [0.15, 0.2) is 0 Å². The molecule has 0 saturated carbocycles. The zero-order valence-corrected chi connectivity index (χ0v) is 22.6. The van der Waals surface area contributed by atoms with Crippen molar-refractivity contribution in [1.82, 2.24) is 4.90 Å². The number of hydrogen-bond acceptors (Lipinski definition) is 6. The summed E-state index contributed by atoms with van der Waals surface area (Å²) in [5.74, 6) is 1.33. The maximum Gasteiger partial charge on any atom is 0.336 e. The van der Waals surface area contributed by atoms with Crippen molar-refractivity contribution in [3.8, 4) is 28.4 Å². The van der Waals surface area contributed by atoms with Crippen molar-refractivity contribution in [2.75, 3.05) is 34.4 Å². The highest BCUT2D eigenvalue weighted by atomic mass is 16.5. The molecule has 202 valence electrons. The molecule has 3 aromatic carbocycles. The van der Waals surface area contributed by atoms with Crippen LogP contribution in [0, 0.1) is 0 Å². The standard InChI is InChI=1S/C32H33NO6/c1-36-23-14-12-22(13-15-23)24(18-28(34)33-16-8-5-9-17-33)30-26(37-2)20-27(38-3)31-25(19-29(35)39-32(30)31)21-10-6-4-7-11-21/h4,6-7,10-15,19-20,24H,5,8-9,16-18H2,1-3H3/t24-/m1/s1. The molecule has 7 heteroatoms. The lowest BCUT2D eigenvalue weighted by Crippen LogP contribution is -2.36. The molecule has 0 N–H and O–H groups in total. The highest BCUT2D eigenvalue weighted by Gasteiger charge is 2.30. The van der Waals surface area contributed by atoms with E-state index in [1.807, 2.05) is 65.6 Å². The first kappa shape index (κ1) is 26.4. The number of carbonyl (C=O) groups is 1. The molecule has 0 aliphatic carbocycles. The second-order valence-electron chi connectivity index (χ2n) is 9.72. The summed E-state index contributed by atoms with van der Waals surface area (Å²) in [6.07, 6.45) is 3.34. The molecule has 1 aromatic heterocycles. The monoisotopic (exact) mass is 527 g/mol. The van der Waals surface area contributed by atoms with Gasteiger partial charge in [0.25, 0.3) is 0 Å². The van der Waals surface area contributed by atoms with E-state index in [4.69, 9.17) is 18.6 Å². The Morgan fingerprint density at radius 3 is 2.21 bits per heavy atom. The molecule has 2 heterocycles. The van der Waals surface area contributed by atoms with E-state index < -0.39 is 11.5 Å². The minimum atomic E-state index is -0.492. The van der Waals surface area contributed by atoms with Gasteiger partial charge in [0.05, 0.1) is 26.7 Å². The number of amides is 1. The van der Waals surface area contributed by atoms with E-state index >= 15 is 0 Å². The van der Waals surface area contributed by atoms with Crippen LogP contribution in [-0.4, -0.2) is 45.2 Å². The number of benzene rings is 3. The van der Waals surface area contributed by atoms with Crippen LogP contribution in [0.1, 0.15) is 42.7 Å². The Morgan fingerprint density at radius 2 is 1.56 bits per heavy atom. The Bertz CT molecular complexity index is 1500. The van der Waals surface area contributed by atoms with Crippen molar-refractivity contribution in [2.24, 2.45) is 0 Å². The molecule has 0 unspecified atom stereocenters. The van der Waals surface area contributed by atoms with E-state index in [1.165, 1.54) is 6.07 Å². The van der Waals surface area contributed by atoms with E-state index in [0.717, 1.165) is 43.5 Å². The zero-order chi connectivity index (χ0) is 27.4. The SMILES string of the molecule is COc1ccc([C@@H](CC(=O)N2CCCCC2)c2c(OC)cc(OC)c3c(-c4ccccc4)cc(=O)oc23)cc1. The van der Waals surface area contributed by atoms with Crippen molar-refractivity contribution < 1.29 is 23.4 Å². The van der Waals surface area contributed by atoms with Crippen LogP contribution in [0.15, 0.2) is 75.9 Å². The molecule has 5 rings (SSSR count). The van der Waals surface area contributed by atoms with Crippen LogP contribution in [0.5, 0.6) is 17.2 Å². The lowest BCUT2D eigenvalue weighted by molar-refractivity contribution is -0.132. The van der Waals surface area contributed by atoms with Crippen molar-refractivity contribution >= 4 is 16.9 Å². The van der Waals surface area contributed by atoms with Gasteiger partial charge in [-0.3, -0.25) is 4.79 Å². The molecule has 0 bridgehead atoms. The minimum absolute atomic E-state index is 0.0584. The van der Waals surface area contributed by atoms with Gasteiger partial charge in [-0.25, -0.2) is 4.79 Å². The first-order valence-corrected chi connectivity index (χ1v) is 13.2. The molecule has 1 atom stereocenters. The zero-order valence-electron chi connectivity index (χ0n) is 22.6. The number of hydrogen-bond donors (Lipinski definition) is 0. The molecular weight excluding hydrogens is 494 g/mol. The molecule has 39 heavy (non-hydrogen) atoms. The predicted octanol–water partition coefficient (Wildman–Crippen LogP) is 6.02. The van der Waals surface area contributed by atoms with Gasteiger partial charge in [-0.2, -0.15) is 0 Å². The summed E-state index contributed by atoms with van der Waals surface area (Å²) in [6, 6.07) is 20.6. The van der Waals surface area contributed by atoms with Crippen LogP contribution >= 0.6 is 0 Å².